The molecule has 5 rings (SSSR count). The van der Waals surface area contributed by atoms with Crippen molar-refractivity contribution in [3.05, 3.63) is 51.9 Å². The molecule has 16 heteroatoms. The quantitative estimate of drug-likeness (QED) is 0.282. The maximum atomic E-state index is 14.8. The van der Waals surface area contributed by atoms with Gasteiger partial charge in [-0.25, -0.2) is 17.5 Å². The fourth-order valence-electron chi connectivity index (χ4n) is 4.42. The van der Waals surface area contributed by atoms with E-state index in [0.717, 1.165) is 10.6 Å². The summed E-state index contributed by atoms with van der Waals surface area (Å²) < 4.78 is 71.0. The molecule has 0 bridgehead atoms. The molecule has 1 aliphatic heterocycles. The van der Waals surface area contributed by atoms with E-state index in [1.54, 1.807) is 12.1 Å². The SMILES string of the molecule is Cc1cc2c(N3CCNS3(=O)=O)c(C(=O)NS(C)(=O)=O)n(Cc3cc4c(N)n[nH]c4cc3Cl)c2cc1F. The minimum absolute atomic E-state index is 0.0324. The molecule has 3 heterocycles. The molecule has 0 aliphatic carbocycles. The first-order valence-corrected chi connectivity index (χ1v) is 14.5. The lowest BCUT2D eigenvalue weighted by molar-refractivity contribution is 0.0974. The molecule has 0 unspecified atom stereocenters. The lowest BCUT2D eigenvalue weighted by atomic mass is 10.1. The number of fused-ring (bicyclic) bond motifs is 2. The summed E-state index contributed by atoms with van der Waals surface area (Å²) in [4.78, 5) is 13.4. The van der Waals surface area contributed by atoms with Gasteiger partial charge in [0.15, 0.2) is 5.82 Å². The first-order chi connectivity index (χ1) is 17.3. The maximum absolute atomic E-state index is 14.8. The van der Waals surface area contributed by atoms with E-state index in [-0.39, 0.29) is 58.3 Å². The van der Waals surface area contributed by atoms with Gasteiger partial charge in [-0.05, 0) is 42.3 Å². The summed E-state index contributed by atoms with van der Waals surface area (Å²) in [5.41, 5.74) is 6.93. The van der Waals surface area contributed by atoms with Crippen LogP contribution in [0.25, 0.3) is 21.8 Å². The third kappa shape index (κ3) is 4.37. The van der Waals surface area contributed by atoms with Crippen molar-refractivity contribution in [2.45, 2.75) is 13.5 Å². The van der Waals surface area contributed by atoms with Crippen LogP contribution in [0.5, 0.6) is 0 Å². The summed E-state index contributed by atoms with van der Waals surface area (Å²) in [6.07, 6.45) is 0.794. The van der Waals surface area contributed by atoms with Gasteiger partial charge in [0.2, 0.25) is 10.0 Å². The zero-order valence-corrected chi connectivity index (χ0v) is 21.9. The van der Waals surface area contributed by atoms with E-state index in [4.69, 9.17) is 17.3 Å². The van der Waals surface area contributed by atoms with Gasteiger partial charge in [-0.15, -0.1) is 0 Å². The summed E-state index contributed by atoms with van der Waals surface area (Å²) >= 11 is 6.50. The molecule has 1 fully saturated rings. The van der Waals surface area contributed by atoms with Gasteiger partial charge in [0.25, 0.3) is 5.91 Å². The van der Waals surface area contributed by atoms with Gasteiger partial charge in [0.05, 0.1) is 23.0 Å². The largest absolute Gasteiger partial charge is 0.382 e. The Balaban J connectivity index is 1.84. The van der Waals surface area contributed by atoms with Crippen LogP contribution in [0.2, 0.25) is 5.02 Å². The average Bonchev–Trinajstić information content (AvgIpc) is 3.41. The van der Waals surface area contributed by atoms with Crippen molar-refractivity contribution in [3.8, 4) is 0 Å². The van der Waals surface area contributed by atoms with Gasteiger partial charge < -0.3 is 10.3 Å². The highest BCUT2D eigenvalue weighted by molar-refractivity contribution is 7.91. The van der Waals surface area contributed by atoms with E-state index in [1.165, 1.54) is 23.6 Å². The van der Waals surface area contributed by atoms with Gasteiger partial charge in [-0.2, -0.15) is 18.2 Å². The summed E-state index contributed by atoms with van der Waals surface area (Å²) in [5, 5.41) is 7.73. The van der Waals surface area contributed by atoms with Crippen molar-refractivity contribution < 1.29 is 26.0 Å². The van der Waals surface area contributed by atoms with Crippen LogP contribution in [-0.4, -0.2) is 56.9 Å². The maximum Gasteiger partial charge on any atom is 0.301 e. The van der Waals surface area contributed by atoms with Crippen molar-refractivity contribution in [1.29, 1.82) is 0 Å². The molecule has 37 heavy (non-hydrogen) atoms. The Labute approximate surface area is 215 Å². The minimum atomic E-state index is -4.06. The van der Waals surface area contributed by atoms with Crippen LogP contribution in [0.1, 0.15) is 21.6 Å². The number of hydrogen-bond acceptors (Lipinski definition) is 7. The van der Waals surface area contributed by atoms with Crippen molar-refractivity contribution >= 4 is 71.1 Å². The topological polar surface area (TPSA) is 172 Å². The number of aromatic amines is 1. The van der Waals surface area contributed by atoms with Crippen molar-refractivity contribution in [2.24, 2.45) is 0 Å². The molecular weight excluding hydrogens is 549 g/mol. The van der Waals surface area contributed by atoms with E-state index in [9.17, 15) is 26.0 Å². The standard InChI is InChI=1S/C21H21ClFN7O5S2/c1-10-5-13-17(8-15(10)23)29(9-11-6-12-16(7-14(11)22)26-27-20(12)24)19(21(31)28-36(2,32)33)18(13)30-4-3-25-37(30,34)35/h5-8,25H,3-4,9H2,1-2H3,(H,28,31)(H3,24,26,27). The molecule has 5 N–H and O–H groups in total. The third-order valence-corrected chi connectivity index (χ3v) is 8.46. The number of amides is 1. The highest BCUT2D eigenvalue weighted by Crippen LogP contribution is 2.39. The van der Waals surface area contributed by atoms with Crippen LogP contribution in [0, 0.1) is 12.7 Å². The summed E-state index contributed by atoms with van der Waals surface area (Å²) in [5.74, 6) is -1.48. The number of aromatic nitrogens is 3. The normalized spacial score (nSPS) is 15.6. The number of anilines is 2. The van der Waals surface area contributed by atoms with Gasteiger partial charge in [-0.3, -0.25) is 14.2 Å². The molecule has 1 saturated heterocycles. The zero-order valence-electron chi connectivity index (χ0n) is 19.5. The number of H-pyrrole nitrogens is 1. The number of carbonyl (C=O) groups is 1. The van der Waals surface area contributed by atoms with Crippen LogP contribution < -0.4 is 19.5 Å². The van der Waals surface area contributed by atoms with E-state index in [2.05, 4.69) is 14.9 Å². The molecule has 1 amide bonds. The number of hydrogen-bond donors (Lipinski definition) is 4. The lowest BCUT2D eigenvalue weighted by Gasteiger charge is -2.18. The van der Waals surface area contributed by atoms with E-state index >= 15 is 0 Å². The van der Waals surface area contributed by atoms with E-state index in [0.29, 0.717) is 16.5 Å². The smallest absolute Gasteiger partial charge is 0.301 e. The fraction of sp³-hybridized carbons (Fsp3) is 0.238. The van der Waals surface area contributed by atoms with Crippen molar-refractivity contribution in [2.75, 3.05) is 29.4 Å². The fourth-order valence-corrected chi connectivity index (χ4v) is 6.34. The van der Waals surface area contributed by atoms with Crippen LogP contribution in [0.3, 0.4) is 0 Å². The van der Waals surface area contributed by atoms with Crippen molar-refractivity contribution in [1.82, 2.24) is 24.2 Å². The molecule has 0 spiro atoms. The highest BCUT2D eigenvalue weighted by atomic mass is 35.5. The second-order valence-electron chi connectivity index (χ2n) is 8.67. The van der Waals surface area contributed by atoms with Crippen LogP contribution in [-0.2, 0) is 26.8 Å². The van der Waals surface area contributed by atoms with E-state index in [1.807, 2.05) is 4.72 Å². The predicted molar refractivity (Wildman–Crippen MR) is 138 cm³/mol. The number of carbonyl (C=O) groups excluding carboxylic acids is 1. The Bertz CT molecular complexity index is 1830. The first-order valence-electron chi connectivity index (χ1n) is 10.8. The molecule has 196 valence electrons. The van der Waals surface area contributed by atoms with Crippen LogP contribution >= 0.6 is 11.6 Å². The second kappa shape index (κ2) is 8.58. The second-order valence-corrected chi connectivity index (χ2v) is 12.5. The molecule has 0 saturated carbocycles. The Morgan fingerprint density at radius 3 is 2.65 bits per heavy atom. The number of benzene rings is 2. The van der Waals surface area contributed by atoms with Gasteiger partial charge in [-0.1, -0.05) is 11.6 Å². The third-order valence-electron chi connectivity index (χ3n) is 6.04. The lowest BCUT2D eigenvalue weighted by Crippen LogP contribution is -2.35. The monoisotopic (exact) mass is 569 g/mol. The number of rotatable bonds is 5. The number of sulfonamides is 1. The number of nitrogens with zero attached hydrogens (tertiary/aromatic N) is 3. The molecule has 1 aliphatic rings. The minimum Gasteiger partial charge on any atom is -0.382 e. The highest BCUT2D eigenvalue weighted by Gasteiger charge is 2.36. The van der Waals surface area contributed by atoms with E-state index < -0.39 is 32.0 Å². The van der Waals surface area contributed by atoms with Crippen LogP contribution in [0.15, 0.2) is 24.3 Å². The van der Waals surface area contributed by atoms with Crippen molar-refractivity contribution in [3.63, 3.8) is 0 Å². The molecule has 0 atom stereocenters. The Kier molecular flexibility index (Phi) is 5.86. The predicted octanol–water partition coefficient (Wildman–Crippen LogP) is 1.59. The van der Waals surface area contributed by atoms with Crippen LogP contribution in [0.4, 0.5) is 15.9 Å². The Hall–Kier alpha value is -3.40. The molecule has 4 aromatic rings. The molecular formula is C21H21ClFN7O5S2. The average molecular weight is 570 g/mol. The molecule has 12 nitrogen and oxygen atoms in total. The number of nitrogens with one attached hydrogen (secondary N) is 3. The summed E-state index contributed by atoms with van der Waals surface area (Å²) in [6, 6.07) is 5.80. The first kappa shape index (κ1) is 25.3. The Morgan fingerprint density at radius 2 is 2.00 bits per heavy atom. The molecule has 0 radical (unpaired) electrons. The number of aryl methyl sites for hydroxylation is 1. The zero-order chi connectivity index (χ0) is 26.9. The van der Waals surface area contributed by atoms with Gasteiger partial charge in [0.1, 0.15) is 11.5 Å². The Morgan fingerprint density at radius 1 is 1.27 bits per heavy atom. The number of nitrogen functional groups attached to an aromatic ring is 1. The van der Waals surface area contributed by atoms with Gasteiger partial charge >= 0.3 is 10.2 Å². The van der Waals surface area contributed by atoms with Gasteiger partial charge in [0, 0.05) is 35.4 Å². The summed E-state index contributed by atoms with van der Waals surface area (Å²) in [7, 11) is -8.10. The number of halogens is 2. The summed E-state index contributed by atoms with van der Waals surface area (Å²) in [6.45, 7) is 1.38. The number of nitrogens with two attached hydrogens (primary N) is 1. The molecule has 2 aromatic carbocycles. The molecule has 2 aromatic heterocycles.